The minimum absolute atomic E-state index is 0.0675. The monoisotopic (exact) mass is 511 g/mol. The second kappa shape index (κ2) is 8.82. The highest BCUT2D eigenvalue weighted by Crippen LogP contribution is 2.45. The van der Waals surface area contributed by atoms with Gasteiger partial charge in [-0.1, -0.05) is 19.3 Å². The molecular formula is C23H29N9O3S. The number of carbonyl (C=O) groups excluding carboxylic acids is 1. The smallest absolute Gasteiger partial charge is 0.255 e. The zero-order valence-corrected chi connectivity index (χ0v) is 21.3. The minimum Gasteiger partial charge on any atom is -0.323 e. The lowest BCUT2D eigenvalue weighted by atomic mass is 9.79. The fraction of sp³-hybridized carbons (Fsp3) is 0.435. The van der Waals surface area contributed by atoms with E-state index in [0.717, 1.165) is 54.8 Å². The molecule has 3 N–H and O–H groups in total. The van der Waals surface area contributed by atoms with Crippen LogP contribution in [0, 0.1) is 0 Å². The van der Waals surface area contributed by atoms with Gasteiger partial charge in [-0.2, -0.15) is 10.1 Å². The molecule has 36 heavy (non-hydrogen) atoms. The van der Waals surface area contributed by atoms with Gasteiger partial charge in [0.15, 0.2) is 10.9 Å². The van der Waals surface area contributed by atoms with Crippen molar-refractivity contribution in [3.05, 3.63) is 30.6 Å². The number of nitrogens with two attached hydrogens (primary N) is 1. The standard InChI is InChI=1S/C23H29N9O3S/c1-4-31-19-12-16-13-26-22(27-17-8-9-18(25-14-17)36(24,34)35)28-20(16)32(19)23(10-6-5-7-11-23)21(29-31)30(3)15(2)33/h8-9,12-14H,4-7,10-11H2,1-3H3,(H2,24,34,35)(H,26,27,28). The van der Waals surface area contributed by atoms with Gasteiger partial charge in [-0.05, 0) is 38.0 Å². The average molecular weight is 512 g/mol. The first kappa shape index (κ1) is 24.1. The lowest BCUT2D eigenvalue weighted by molar-refractivity contribution is -0.124. The van der Waals surface area contributed by atoms with E-state index in [1.54, 1.807) is 31.1 Å². The topological polar surface area (TPSA) is 152 Å². The Morgan fingerprint density at radius 1 is 1.19 bits per heavy atom. The molecule has 13 heteroatoms. The van der Waals surface area contributed by atoms with Crippen molar-refractivity contribution in [3.8, 4) is 0 Å². The lowest BCUT2D eigenvalue weighted by Gasteiger charge is -2.47. The fourth-order valence-corrected chi connectivity index (χ4v) is 5.56. The zero-order valence-electron chi connectivity index (χ0n) is 20.5. The lowest BCUT2D eigenvalue weighted by Crippen LogP contribution is -2.55. The van der Waals surface area contributed by atoms with E-state index in [2.05, 4.69) is 19.9 Å². The number of carbonyl (C=O) groups is 1. The van der Waals surface area contributed by atoms with E-state index >= 15 is 0 Å². The summed E-state index contributed by atoms with van der Waals surface area (Å²) in [6.45, 7) is 4.20. The van der Waals surface area contributed by atoms with Crippen molar-refractivity contribution < 1.29 is 13.2 Å². The van der Waals surface area contributed by atoms with Crippen molar-refractivity contribution in [1.29, 1.82) is 0 Å². The number of fused-ring (bicyclic) bond motifs is 4. The van der Waals surface area contributed by atoms with Crippen LogP contribution in [0.15, 0.2) is 40.7 Å². The zero-order chi connectivity index (χ0) is 25.7. The van der Waals surface area contributed by atoms with Crippen molar-refractivity contribution in [3.63, 3.8) is 0 Å². The average Bonchev–Trinajstić information content (AvgIpc) is 3.24. The second-order valence-corrected chi connectivity index (χ2v) is 10.7. The van der Waals surface area contributed by atoms with Crippen LogP contribution in [-0.4, -0.2) is 58.2 Å². The predicted molar refractivity (Wildman–Crippen MR) is 136 cm³/mol. The van der Waals surface area contributed by atoms with Crippen LogP contribution in [0.2, 0.25) is 0 Å². The summed E-state index contributed by atoms with van der Waals surface area (Å²) in [6.07, 6.45) is 8.00. The van der Waals surface area contributed by atoms with E-state index in [0.29, 0.717) is 18.2 Å². The molecular weight excluding hydrogens is 482 g/mol. The van der Waals surface area contributed by atoms with Crippen LogP contribution in [0.3, 0.4) is 0 Å². The molecule has 2 aliphatic rings. The van der Waals surface area contributed by atoms with E-state index in [1.807, 2.05) is 18.0 Å². The van der Waals surface area contributed by atoms with Crippen LogP contribution in [-0.2, 0) is 20.4 Å². The largest absolute Gasteiger partial charge is 0.323 e. The number of nitrogens with zero attached hydrogens (tertiary/aromatic N) is 7. The number of hydrogen-bond donors (Lipinski definition) is 2. The molecule has 0 bridgehead atoms. The molecule has 4 heterocycles. The van der Waals surface area contributed by atoms with Crippen LogP contribution >= 0.6 is 0 Å². The SMILES string of the molecule is CCN1N=C(N(C)C(C)=O)C2(CCCCC2)n2c1cc1cnc(Nc3ccc(S(N)(=O)=O)nc3)nc12. The molecule has 1 amide bonds. The Balaban J connectivity index is 1.62. The van der Waals surface area contributed by atoms with Crippen molar-refractivity contribution in [1.82, 2.24) is 24.4 Å². The second-order valence-electron chi connectivity index (χ2n) is 9.18. The maximum Gasteiger partial charge on any atom is 0.255 e. The number of pyridine rings is 1. The Bertz CT molecular complexity index is 1460. The summed E-state index contributed by atoms with van der Waals surface area (Å²) in [4.78, 5) is 27.3. The summed E-state index contributed by atoms with van der Waals surface area (Å²) in [5.41, 5.74) is 0.765. The van der Waals surface area contributed by atoms with Gasteiger partial charge in [0, 0.05) is 32.1 Å². The molecule has 1 spiro atoms. The van der Waals surface area contributed by atoms with Gasteiger partial charge < -0.3 is 10.2 Å². The molecule has 0 unspecified atom stereocenters. The Morgan fingerprint density at radius 3 is 2.56 bits per heavy atom. The van der Waals surface area contributed by atoms with Gasteiger partial charge in [-0.15, -0.1) is 0 Å². The van der Waals surface area contributed by atoms with Gasteiger partial charge in [-0.25, -0.2) is 28.5 Å². The summed E-state index contributed by atoms with van der Waals surface area (Å²) >= 11 is 0. The first-order valence-corrected chi connectivity index (χ1v) is 13.4. The molecule has 12 nitrogen and oxygen atoms in total. The molecule has 0 radical (unpaired) electrons. The first-order valence-electron chi connectivity index (χ1n) is 11.9. The maximum atomic E-state index is 12.5. The Hall–Kier alpha value is -3.58. The number of amides is 1. The van der Waals surface area contributed by atoms with E-state index in [9.17, 15) is 13.2 Å². The third-order valence-corrected chi connectivity index (χ3v) is 7.72. The predicted octanol–water partition coefficient (Wildman–Crippen LogP) is 2.51. The summed E-state index contributed by atoms with van der Waals surface area (Å²) < 4.78 is 25.2. The number of amidine groups is 1. The number of primary sulfonamides is 1. The number of hydrogen-bond acceptors (Lipinski definition) is 9. The molecule has 0 atom stereocenters. The van der Waals surface area contributed by atoms with Crippen LogP contribution in [0.1, 0.15) is 46.0 Å². The van der Waals surface area contributed by atoms with Gasteiger partial charge >= 0.3 is 0 Å². The van der Waals surface area contributed by atoms with Crippen molar-refractivity contribution in [2.45, 2.75) is 56.5 Å². The van der Waals surface area contributed by atoms with Crippen molar-refractivity contribution in [2.24, 2.45) is 10.2 Å². The van der Waals surface area contributed by atoms with Crippen LogP contribution in [0.5, 0.6) is 0 Å². The molecule has 1 aliphatic carbocycles. The van der Waals surface area contributed by atoms with E-state index in [4.69, 9.17) is 15.2 Å². The Morgan fingerprint density at radius 2 is 1.94 bits per heavy atom. The molecule has 1 saturated carbocycles. The maximum absolute atomic E-state index is 12.5. The summed E-state index contributed by atoms with van der Waals surface area (Å²) in [5.74, 6) is 1.92. The molecule has 0 saturated heterocycles. The fourth-order valence-electron chi connectivity index (χ4n) is 5.10. The summed E-state index contributed by atoms with van der Waals surface area (Å²) in [7, 11) is -2.10. The molecule has 3 aromatic rings. The van der Waals surface area contributed by atoms with Gasteiger partial charge in [-0.3, -0.25) is 9.36 Å². The van der Waals surface area contributed by atoms with Crippen LogP contribution in [0.4, 0.5) is 17.5 Å². The number of aromatic nitrogens is 4. The van der Waals surface area contributed by atoms with Crippen LogP contribution in [0.25, 0.3) is 11.0 Å². The molecule has 3 aromatic heterocycles. The molecule has 190 valence electrons. The Kier molecular flexibility index (Phi) is 5.91. The highest BCUT2D eigenvalue weighted by Gasteiger charge is 2.47. The van der Waals surface area contributed by atoms with Crippen molar-refractivity contribution >= 4 is 50.3 Å². The van der Waals surface area contributed by atoms with Crippen molar-refractivity contribution in [2.75, 3.05) is 23.9 Å². The minimum atomic E-state index is -3.88. The van der Waals surface area contributed by atoms with Gasteiger partial charge in [0.1, 0.15) is 17.0 Å². The number of sulfonamides is 1. The number of nitrogens with one attached hydrogen (secondary N) is 1. The molecule has 0 aromatic carbocycles. The number of likely N-dealkylation sites (N-methyl/N-ethyl adjacent to an activating group) is 1. The highest BCUT2D eigenvalue weighted by atomic mass is 32.2. The summed E-state index contributed by atoms with van der Waals surface area (Å²) in [6, 6.07) is 4.92. The summed E-state index contributed by atoms with van der Waals surface area (Å²) in [5, 5.41) is 15.7. The van der Waals surface area contributed by atoms with E-state index < -0.39 is 15.6 Å². The number of rotatable bonds is 4. The number of anilines is 3. The first-order chi connectivity index (χ1) is 17.1. The Labute approximate surface area is 209 Å². The highest BCUT2D eigenvalue weighted by molar-refractivity contribution is 7.89. The molecule has 1 fully saturated rings. The van der Waals surface area contributed by atoms with Gasteiger partial charge in [0.2, 0.25) is 11.9 Å². The van der Waals surface area contributed by atoms with E-state index in [1.165, 1.54) is 12.3 Å². The van der Waals surface area contributed by atoms with Crippen LogP contribution < -0.4 is 15.5 Å². The molecule has 1 aliphatic heterocycles. The quantitative estimate of drug-likeness (QED) is 0.542. The van der Waals surface area contributed by atoms with Gasteiger partial charge in [0.25, 0.3) is 10.0 Å². The molecule has 5 rings (SSSR count). The third-order valence-electron chi connectivity index (χ3n) is 6.90. The third kappa shape index (κ3) is 3.97. The number of hydrazone groups is 1. The normalized spacial score (nSPS) is 17.1. The van der Waals surface area contributed by atoms with Gasteiger partial charge in [0.05, 0.1) is 11.9 Å². The van der Waals surface area contributed by atoms with E-state index in [-0.39, 0.29) is 10.9 Å².